The fraction of sp³-hybridized carbons (Fsp3) is 0.214. The van der Waals surface area contributed by atoms with E-state index < -0.39 is 0 Å². The second-order valence-electron chi connectivity index (χ2n) is 4.64. The number of ether oxygens (including phenoxy) is 1. The Morgan fingerprint density at radius 1 is 1.15 bits per heavy atom. The number of halogens is 1. The second-order valence-corrected chi connectivity index (χ2v) is 5.03. The van der Waals surface area contributed by atoms with Crippen molar-refractivity contribution in [2.45, 2.75) is 20.0 Å². The summed E-state index contributed by atoms with van der Waals surface area (Å²) < 4.78 is 7.31. The van der Waals surface area contributed by atoms with Crippen molar-refractivity contribution < 1.29 is 4.74 Å². The van der Waals surface area contributed by atoms with Crippen molar-refractivity contribution in [3.05, 3.63) is 41.6 Å². The predicted octanol–water partition coefficient (Wildman–Crippen LogP) is 3.23. The zero-order valence-corrected chi connectivity index (χ0v) is 11.9. The molecular weight excluding hydrogens is 276 g/mol. The number of benzene rings is 1. The maximum atomic E-state index is 5.92. The molecule has 20 heavy (non-hydrogen) atoms. The highest BCUT2D eigenvalue weighted by molar-refractivity contribution is 6.29. The molecule has 2 heterocycles. The minimum absolute atomic E-state index is 0.118. The van der Waals surface area contributed by atoms with E-state index in [1.54, 1.807) is 16.6 Å². The average Bonchev–Trinajstić information content (AvgIpc) is 2.81. The van der Waals surface area contributed by atoms with Gasteiger partial charge >= 0.3 is 0 Å². The molecule has 3 aromatic rings. The third-order valence-corrected chi connectivity index (χ3v) is 2.90. The Morgan fingerprint density at radius 3 is 2.80 bits per heavy atom. The van der Waals surface area contributed by atoms with E-state index in [-0.39, 0.29) is 6.10 Å². The van der Waals surface area contributed by atoms with Crippen LogP contribution in [0.4, 0.5) is 0 Å². The lowest BCUT2D eigenvalue weighted by atomic mass is 10.2. The van der Waals surface area contributed by atoms with Gasteiger partial charge in [0.25, 0.3) is 0 Å². The lowest BCUT2D eigenvalue weighted by Crippen LogP contribution is -2.05. The van der Waals surface area contributed by atoms with Gasteiger partial charge in [-0.3, -0.25) is 0 Å². The van der Waals surface area contributed by atoms with E-state index >= 15 is 0 Å². The molecule has 102 valence electrons. The van der Waals surface area contributed by atoms with Crippen molar-refractivity contribution in [2.75, 3.05) is 0 Å². The number of nitrogens with zero attached hydrogens (tertiary/aromatic N) is 4. The van der Waals surface area contributed by atoms with Crippen LogP contribution in [0.5, 0.6) is 5.75 Å². The summed E-state index contributed by atoms with van der Waals surface area (Å²) in [6, 6.07) is 11.1. The van der Waals surface area contributed by atoms with Gasteiger partial charge < -0.3 is 4.74 Å². The third kappa shape index (κ3) is 2.44. The molecule has 3 rings (SSSR count). The molecule has 0 aliphatic rings. The van der Waals surface area contributed by atoms with Crippen molar-refractivity contribution in [2.24, 2.45) is 0 Å². The zero-order valence-electron chi connectivity index (χ0n) is 11.1. The maximum absolute atomic E-state index is 5.92. The van der Waals surface area contributed by atoms with E-state index in [1.165, 1.54) is 0 Å². The first-order chi connectivity index (χ1) is 9.63. The number of fused-ring (bicyclic) bond motifs is 1. The van der Waals surface area contributed by atoms with Crippen LogP contribution in [0.3, 0.4) is 0 Å². The summed E-state index contributed by atoms with van der Waals surface area (Å²) >= 11 is 5.92. The third-order valence-electron chi connectivity index (χ3n) is 2.69. The van der Waals surface area contributed by atoms with E-state index in [2.05, 4.69) is 15.3 Å². The van der Waals surface area contributed by atoms with E-state index in [0.717, 1.165) is 11.3 Å². The first kappa shape index (κ1) is 12.9. The maximum Gasteiger partial charge on any atom is 0.185 e. The highest BCUT2D eigenvalue weighted by Crippen LogP contribution is 2.23. The lowest BCUT2D eigenvalue weighted by molar-refractivity contribution is 0.242. The van der Waals surface area contributed by atoms with Gasteiger partial charge in [-0.15, -0.1) is 10.2 Å². The fourth-order valence-corrected chi connectivity index (χ4v) is 2.07. The van der Waals surface area contributed by atoms with Crippen molar-refractivity contribution in [3.63, 3.8) is 0 Å². The van der Waals surface area contributed by atoms with Crippen molar-refractivity contribution in [3.8, 4) is 17.1 Å². The van der Waals surface area contributed by atoms with Gasteiger partial charge in [-0.05, 0) is 38.1 Å². The van der Waals surface area contributed by atoms with E-state index in [0.29, 0.717) is 16.6 Å². The second kappa shape index (κ2) is 5.09. The Hall–Kier alpha value is -2.14. The van der Waals surface area contributed by atoms with Crippen LogP contribution in [0.25, 0.3) is 17.0 Å². The Kier molecular flexibility index (Phi) is 3.28. The quantitative estimate of drug-likeness (QED) is 0.742. The molecule has 0 unspecified atom stereocenters. The number of hydrogen-bond donors (Lipinski definition) is 0. The van der Waals surface area contributed by atoms with Crippen molar-refractivity contribution in [1.82, 2.24) is 19.8 Å². The predicted molar refractivity (Wildman–Crippen MR) is 77.0 cm³/mol. The molecule has 0 aliphatic carbocycles. The van der Waals surface area contributed by atoms with Gasteiger partial charge in [0.05, 0.1) is 6.10 Å². The smallest absolute Gasteiger partial charge is 0.185 e. The van der Waals surface area contributed by atoms with Crippen LogP contribution in [0, 0.1) is 0 Å². The summed E-state index contributed by atoms with van der Waals surface area (Å²) in [5.74, 6) is 1.42. The first-order valence-corrected chi connectivity index (χ1v) is 6.66. The molecule has 5 nitrogen and oxygen atoms in total. The molecule has 0 atom stereocenters. The topological polar surface area (TPSA) is 52.3 Å². The first-order valence-electron chi connectivity index (χ1n) is 6.28. The summed E-state index contributed by atoms with van der Waals surface area (Å²) in [5.41, 5.74) is 1.53. The van der Waals surface area contributed by atoms with E-state index in [9.17, 15) is 0 Å². The molecule has 0 aliphatic heterocycles. The van der Waals surface area contributed by atoms with Crippen molar-refractivity contribution in [1.29, 1.82) is 0 Å². The Morgan fingerprint density at radius 2 is 2.00 bits per heavy atom. The van der Waals surface area contributed by atoms with Crippen LogP contribution >= 0.6 is 11.6 Å². The average molecular weight is 289 g/mol. The Bertz CT molecular complexity index is 754. The highest BCUT2D eigenvalue weighted by atomic mass is 35.5. The number of rotatable bonds is 3. The molecule has 0 amide bonds. The number of hydrogen-bond acceptors (Lipinski definition) is 4. The van der Waals surface area contributed by atoms with Crippen LogP contribution in [-0.4, -0.2) is 25.9 Å². The molecule has 6 heteroatoms. The molecule has 0 saturated carbocycles. The van der Waals surface area contributed by atoms with Gasteiger partial charge in [0.1, 0.15) is 10.9 Å². The SMILES string of the molecule is CC(C)Oc1cccc(-c2nnc3ccc(Cl)nn23)c1. The normalized spacial score (nSPS) is 11.2. The number of aromatic nitrogens is 4. The van der Waals surface area contributed by atoms with Gasteiger partial charge in [-0.2, -0.15) is 9.61 Å². The Labute approximate surface area is 121 Å². The molecule has 2 aromatic heterocycles. The molecule has 0 fully saturated rings. The molecule has 0 spiro atoms. The van der Waals surface area contributed by atoms with E-state index in [1.807, 2.05) is 38.1 Å². The monoisotopic (exact) mass is 288 g/mol. The van der Waals surface area contributed by atoms with Gasteiger partial charge in [-0.1, -0.05) is 23.7 Å². The van der Waals surface area contributed by atoms with E-state index in [4.69, 9.17) is 16.3 Å². The molecular formula is C14H13ClN4O. The van der Waals surface area contributed by atoms with Crippen LogP contribution < -0.4 is 4.74 Å². The molecule has 0 bridgehead atoms. The zero-order chi connectivity index (χ0) is 14.1. The summed E-state index contributed by atoms with van der Waals surface area (Å²) in [7, 11) is 0. The van der Waals surface area contributed by atoms with Crippen LogP contribution in [0.2, 0.25) is 5.15 Å². The van der Waals surface area contributed by atoms with Crippen molar-refractivity contribution >= 4 is 17.2 Å². The summed E-state index contributed by atoms with van der Waals surface area (Å²) in [4.78, 5) is 0. The van der Waals surface area contributed by atoms with Gasteiger partial charge in [0.15, 0.2) is 11.5 Å². The van der Waals surface area contributed by atoms with Gasteiger partial charge in [-0.25, -0.2) is 0 Å². The molecule has 1 aromatic carbocycles. The summed E-state index contributed by atoms with van der Waals surface area (Å²) in [6.07, 6.45) is 0.118. The molecule has 0 saturated heterocycles. The minimum atomic E-state index is 0.118. The largest absolute Gasteiger partial charge is 0.491 e. The van der Waals surface area contributed by atoms with Gasteiger partial charge in [0, 0.05) is 5.56 Å². The van der Waals surface area contributed by atoms with Crippen LogP contribution in [-0.2, 0) is 0 Å². The van der Waals surface area contributed by atoms with Crippen LogP contribution in [0.15, 0.2) is 36.4 Å². The fourth-order valence-electron chi connectivity index (χ4n) is 1.93. The standard InChI is InChI=1S/C14H13ClN4O/c1-9(2)20-11-5-3-4-10(8-11)14-17-16-13-7-6-12(15)18-19(13)14/h3-9H,1-2H3. The molecule has 0 radical (unpaired) electrons. The molecule has 0 N–H and O–H groups in total. The van der Waals surface area contributed by atoms with Gasteiger partial charge in [0.2, 0.25) is 0 Å². The lowest BCUT2D eigenvalue weighted by Gasteiger charge is -2.10. The highest BCUT2D eigenvalue weighted by Gasteiger charge is 2.10. The Balaban J connectivity index is 2.08. The summed E-state index contributed by atoms with van der Waals surface area (Å²) in [6.45, 7) is 3.97. The summed E-state index contributed by atoms with van der Waals surface area (Å²) in [5, 5.41) is 12.9. The van der Waals surface area contributed by atoms with Crippen LogP contribution in [0.1, 0.15) is 13.8 Å². The minimum Gasteiger partial charge on any atom is -0.491 e.